The number of carbonyl (C=O) groups is 1. The highest BCUT2D eigenvalue weighted by atomic mass is 16.5. The summed E-state index contributed by atoms with van der Waals surface area (Å²) in [7, 11) is 1.28. The number of nitrogens with one attached hydrogen (secondary N) is 1. The molecule has 0 spiro atoms. The summed E-state index contributed by atoms with van der Waals surface area (Å²) in [5, 5.41) is 10.8. The number of nitrogens with zero attached hydrogens (tertiary/aromatic N) is 2. The lowest BCUT2D eigenvalue weighted by atomic mass is 10.1. The van der Waals surface area contributed by atoms with E-state index in [1.165, 1.54) is 13.2 Å². The lowest BCUT2D eigenvalue weighted by molar-refractivity contribution is 0.0600. The van der Waals surface area contributed by atoms with E-state index in [1.807, 2.05) is 0 Å². The van der Waals surface area contributed by atoms with Crippen molar-refractivity contribution in [1.82, 2.24) is 9.55 Å². The molecule has 1 heterocycles. The van der Waals surface area contributed by atoms with E-state index in [9.17, 15) is 19.5 Å². The zero-order valence-corrected chi connectivity index (χ0v) is 15.9. The predicted octanol–water partition coefficient (Wildman–Crippen LogP) is 2.55. The molecule has 2 N–H and O–H groups in total. The van der Waals surface area contributed by atoms with Crippen LogP contribution < -0.4 is 11.2 Å². The average molecular weight is 393 g/mol. The van der Waals surface area contributed by atoms with E-state index in [4.69, 9.17) is 4.74 Å². The first-order chi connectivity index (χ1) is 14.0. The maximum atomic E-state index is 12.5. The Kier molecular flexibility index (Phi) is 5.73. The number of aliphatic imine (C=N–C) groups is 1. The van der Waals surface area contributed by atoms with Crippen LogP contribution in [0.1, 0.15) is 29.3 Å². The van der Waals surface area contributed by atoms with Crippen molar-refractivity contribution >= 4 is 17.4 Å². The Bertz CT molecular complexity index is 1190. The molecule has 29 heavy (non-hydrogen) atoms. The van der Waals surface area contributed by atoms with Crippen LogP contribution in [0.25, 0.3) is 5.69 Å². The van der Waals surface area contributed by atoms with E-state index < -0.39 is 23.1 Å². The van der Waals surface area contributed by atoms with Gasteiger partial charge in [-0.25, -0.2) is 14.2 Å². The Morgan fingerprint density at radius 1 is 1.14 bits per heavy atom. The number of aromatic amines is 1. The van der Waals surface area contributed by atoms with Gasteiger partial charge in [0.05, 0.1) is 29.8 Å². The minimum atomic E-state index is -0.759. The van der Waals surface area contributed by atoms with E-state index in [0.29, 0.717) is 23.4 Å². The lowest BCUT2D eigenvalue weighted by Crippen LogP contribution is -2.33. The van der Waals surface area contributed by atoms with Crippen LogP contribution in [-0.2, 0) is 4.74 Å². The Morgan fingerprint density at radius 2 is 1.86 bits per heavy atom. The summed E-state index contributed by atoms with van der Waals surface area (Å²) in [5.41, 5.74) is -0.252. The highest BCUT2D eigenvalue weighted by Gasteiger charge is 2.19. The molecule has 0 aliphatic heterocycles. The number of H-pyrrole nitrogens is 1. The Morgan fingerprint density at radius 3 is 2.52 bits per heavy atom. The zero-order valence-electron chi connectivity index (χ0n) is 15.9. The molecule has 8 nitrogen and oxygen atoms in total. The van der Waals surface area contributed by atoms with Crippen LogP contribution in [0.2, 0.25) is 0 Å². The first-order valence-electron chi connectivity index (χ1n) is 8.86. The van der Waals surface area contributed by atoms with Crippen LogP contribution in [-0.4, -0.2) is 33.4 Å². The smallest absolute Gasteiger partial charge is 0.337 e. The third kappa shape index (κ3) is 4.01. The van der Waals surface area contributed by atoms with Gasteiger partial charge in [0.2, 0.25) is 5.88 Å². The molecule has 0 fully saturated rings. The maximum absolute atomic E-state index is 12.5. The molecular formula is C21H19N3O5. The van der Waals surface area contributed by atoms with Crippen LogP contribution in [0.15, 0.2) is 69.2 Å². The number of para-hydroxylation sites is 1. The van der Waals surface area contributed by atoms with Crippen LogP contribution in [0.3, 0.4) is 0 Å². The minimum absolute atomic E-state index is 0.112. The monoisotopic (exact) mass is 393 g/mol. The van der Waals surface area contributed by atoms with Crippen LogP contribution in [0.4, 0.5) is 5.69 Å². The van der Waals surface area contributed by atoms with Crippen LogP contribution >= 0.6 is 0 Å². The third-order valence-electron chi connectivity index (χ3n) is 4.26. The van der Waals surface area contributed by atoms with Gasteiger partial charge >= 0.3 is 11.7 Å². The highest BCUT2D eigenvalue weighted by Crippen LogP contribution is 2.21. The van der Waals surface area contributed by atoms with Gasteiger partial charge in [-0.05, 0) is 36.8 Å². The molecule has 0 atom stereocenters. The first kappa shape index (κ1) is 19.8. The number of ether oxygens (including phenoxy) is 1. The normalized spacial score (nSPS) is 11.3. The van der Waals surface area contributed by atoms with Crippen LogP contribution in [0.5, 0.6) is 5.88 Å². The largest absolute Gasteiger partial charge is 0.493 e. The minimum Gasteiger partial charge on any atom is -0.493 e. The lowest BCUT2D eigenvalue weighted by Gasteiger charge is -2.12. The second-order valence-electron chi connectivity index (χ2n) is 6.08. The highest BCUT2D eigenvalue weighted by molar-refractivity contribution is 6.03. The van der Waals surface area contributed by atoms with E-state index >= 15 is 0 Å². The Hall–Kier alpha value is -3.94. The van der Waals surface area contributed by atoms with Crippen molar-refractivity contribution in [1.29, 1.82) is 0 Å². The number of hydrogen-bond donors (Lipinski definition) is 2. The van der Waals surface area contributed by atoms with Crippen molar-refractivity contribution in [3.8, 4) is 11.6 Å². The van der Waals surface area contributed by atoms with Crippen molar-refractivity contribution in [2.75, 3.05) is 7.11 Å². The SMILES string of the molecule is CCC(=Nc1cccc(C(=O)OC)c1)c1c(O)n(-c2ccccc2)c(=O)[nH]c1=O. The molecule has 1 aromatic heterocycles. The molecule has 8 heteroatoms. The molecule has 3 rings (SSSR count). The summed E-state index contributed by atoms with van der Waals surface area (Å²) in [4.78, 5) is 43.1. The van der Waals surface area contributed by atoms with Gasteiger partial charge in [0.25, 0.3) is 5.56 Å². The molecule has 0 saturated carbocycles. The Balaban J connectivity index is 2.18. The molecule has 0 unspecified atom stereocenters. The fourth-order valence-corrected chi connectivity index (χ4v) is 2.89. The fraction of sp³-hybridized carbons (Fsp3) is 0.143. The number of carbonyl (C=O) groups excluding carboxylic acids is 1. The molecule has 2 aromatic carbocycles. The number of benzene rings is 2. The van der Waals surface area contributed by atoms with E-state index in [2.05, 4.69) is 9.98 Å². The van der Waals surface area contributed by atoms with Gasteiger partial charge in [-0.2, -0.15) is 0 Å². The zero-order chi connectivity index (χ0) is 21.0. The van der Waals surface area contributed by atoms with Gasteiger partial charge in [-0.1, -0.05) is 31.2 Å². The van der Waals surface area contributed by atoms with Crippen molar-refractivity contribution < 1.29 is 14.6 Å². The molecular weight excluding hydrogens is 374 g/mol. The molecule has 0 aliphatic rings. The second-order valence-corrected chi connectivity index (χ2v) is 6.08. The quantitative estimate of drug-likeness (QED) is 0.511. The van der Waals surface area contributed by atoms with Crippen molar-refractivity contribution in [2.45, 2.75) is 13.3 Å². The number of methoxy groups -OCH3 is 1. The van der Waals surface area contributed by atoms with Gasteiger partial charge in [-0.3, -0.25) is 14.8 Å². The molecule has 0 bridgehead atoms. The molecule has 148 valence electrons. The molecule has 0 radical (unpaired) electrons. The average Bonchev–Trinajstić information content (AvgIpc) is 2.73. The van der Waals surface area contributed by atoms with E-state index in [-0.39, 0.29) is 11.3 Å². The Labute approximate surface area is 165 Å². The number of hydrogen-bond acceptors (Lipinski definition) is 6. The van der Waals surface area contributed by atoms with Crippen LogP contribution in [0, 0.1) is 0 Å². The standard InChI is InChI=1S/C21H19N3O5/c1-3-16(22-14-9-7-8-13(12-14)20(27)29-2)17-18(25)23-21(28)24(19(17)26)15-10-5-4-6-11-15/h4-12,26H,3H2,1-2H3,(H,23,25,28). The molecule has 3 aromatic rings. The molecule has 0 saturated heterocycles. The maximum Gasteiger partial charge on any atom is 0.337 e. The topological polar surface area (TPSA) is 114 Å². The van der Waals surface area contributed by atoms with Gasteiger partial charge < -0.3 is 9.84 Å². The number of aromatic nitrogens is 2. The number of esters is 1. The van der Waals surface area contributed by atoms with Crippen molar-refractivity contribution in [3.63, 3.8) is 0 Å². The fourth-order valence-electron chi connectivity index (χ4n) is 2.89. The van der Waals surface area contributed by atoms with Gasteiger partial charge in [-0.15, -0.1) is 0 Å². The predicted molar refractivity (Wildman–Crippen MR) is 109 cm³/mol. The van der Waals surface area contributed by atoms with Gasteiger partial charge in [0.1, 0.15) is 5.56 Å². The summed E-state index contributed by atoms with van der Waals surface area (Å²) in [6.07, 6.45) is 0.298. The summed E-state index contributed by atoms with van der Waals surface area (Å²) in [5.74, 6) is -1.02. The number of aromatic hydroxyl groups is 1. The van der Waals surface area contributed by atoms with E-state index in [0.717, 1.165) is 4.57 Å². The summed E-state index contributed by atoms with van der Waals surface area (Å²) in [6, 6.07) is 14.8. The first-order valence-corrected chi connectivity index (χ1v) is 8.86. The second kappa shape index (κ2) is 8.39. The van der Waals surface area contributed by atoms with Gasteiger partial charge in [0, 0.05) is 0 Å². The van der Waals surface area contributed by atoms with Crippen molar-refractivity contribution in [2.24, 2.45) is 4.99 Å². The van der Waals surface area contributed by atoms with Crippen molar-refractivity contribution in [3.05, 3.63) is 86.6 Å². The summed E-state index contributed by atoms with van der Waals surface area (Å²) >= 11 is 0. The summed E-state index contributed by atoms with van der Waals surface area (Å²) in [6.45, 7) is 1.76. The molecule has 0 aliphatic carbocycles. The summed E-state index contributed by atoms with van der Waals surface area (Å²) < 4.78 is 5.71. The molecule has 0 amide bonds. The van der Waals surface area contributed by atoms with Gasteiger partial charge in [0.15, 0.2) is 0 Å². The van der Waals surface area contributed by atoms with E-state index in [1.54, 1.807) is 55.5 Å². The number of rotatable bonds is 5. The third-order valence-corrected chi connectivity index (χ3v) is 4.26.